The Hall–Kier alpha value is -1.66. The Balaban J connectivity index is 1.92. The average Bonchev–Trinajstić information content (AvgIpc) is 3.11. The molecule has 0 radical (unpaired) electrons. The normalized spacial score (nSPS) is 10.7. The van der Waals surface area contributed by atoms with E-state index < -0.39 is 0 Å². The summed E-state index contributed by atoms with van der Waals surface area (Å²) in [6, 6.07) is 5.54. The van der Waals surface area contributed by atoms with Crippen molar-refractivity contribution >= 4 is 17.2 Å². The van der Waals surface area contributed by atoms with E-state index in [9.17, 15) is 4.79 Å². The summed E-state index contributed by atoms with van der Waals surface area (Å²) in [5.41, 5.74) is 0.332. The van der Waals surface area contributed by atoms with Crippen LogP contribution in [0.2, 0.25) is 0 Å². The fraction of sp³-hybridized carbons (Fsp3) is 0.429. The van der Waals surface area contributed by atoms with Crippen molar-refractivity contribution in [3.8, 4) is 10.6 Å². The summed E-state index contributed by atoms with van der Waals surface area (Å²) in [6.07, 6.45) is 2.56. The Kier molecular flexibility index (Phi) is 5.31. The Morgan fingerprint density at radius 1 is 1.45 bits per heavy atom. The molecule has 2 rings (SSSR count). The van der Waals surface area contributed by atoms with Crippen LogP contribution < -0.4 is 0 Å². The van der Waals surface area contributed by atoms with Gasteiger partial charge in [-0.25, -0.2) is 0 Å². The third kappa shape index (κ3) is 3.68. The molecular formula is C14H18N2O3S. The van der Waals surface area contributed by atoms with E-state index in [2.05, 4.69) is 5.16 Å². The minimum Gasteiger partial charge on any atom is -0.396 e. The highest BCUT2D eigenvalue weighted by Crippen LogP contribution is 2.25. The van der Waals surface area contributed by atoms with E-state index in [1.54, 1.807) is 29.4 Å². The number of amides is 1. The molecule has 0 spiro atoms. The standard InChI is InChI=1S/C14H18N2O3S/c1-16(7-3-2-4-8-17)14(18)11-10-12(19-15-11)13-6-5-9-20-13/h5-6,9-10,17H,2-4,7-8H2,1H3. The molecular weight excluding hydrogens is 276 g/mol. The second kappa shape index (κ2) is 7.21. The summed E-state index contributed by atoms with van der Waals surface area (Å²) in [6.45, 7) is 0.852. The van der Waals surface area contributed by atoms with Crippen LogP contribution in [0.5, 0.6) is 0 Å². The maximum absolute atomic E-state index is 12.1. The van der Waals surface area contributed by atoms with E-state index in [4.69, 9.17) is 9.63 Å². The third-order valence-electron chi connectivity index (χ3n) is 2.99. The monoisotopic (exact) mass is 294 g/mol. The maximum atomic E-state index is 12.1. The molecule has 108 valence electrons. The molecule has 2 heterocycles. The van der Waals surface area contributed by atoms with Gasteiger partial charge in [-0.3, -0.25) is 4.79 Å². The first-order valence-corrected chi connectivity index (χ1v) is 7.47. The van der Waals surface area contributed by atoms with E-state index in [1.165, 1.54) is 0 Å². The number of aliphatic hydroxyl groups is 1. The number of carbonyl (C=O) groups excluding carboxylic acids is 1. The lowest BCUT2D eigenvalue weighted by atomic mass is 10.2. The third-order valence-corrected chi connectivity index (χ3v) is 3.88. The highest BCUT2D eigenvalue weighted by atomic mass is 32.1. The van der Waals surface area contributed by atoms with Gasteiger partial charge in [-0.15, -0.1) is 11.3 Å². The molecule has 0 atom stereocenters. The summed E-state index contributed by atoms with van der Waals surface area (Å²) in [4.78, 5) is 14.7. The van der Waals surface area contributed by atoms with Crippen molar-refractivity contribution in [3.63, 3.8) is 0 Å². The van der Waals surface area contributed by atoms with Gasteiger partial charge in [-0.1, -0.05) is 11.2 Å². The second-order valence-corrected chi connectivity index (χ2v) is 5.51. The van der Waals surface area contributed by atoms with Gasteiger partial charge in [0.25, 0.3) is 5.91 Å². The Labute approximate surface area is 121 Å². The van der Waals surface area contributed by atoms with Crippen LogP contribution in [0.1, 0.15) is 29.8 Å². The summed E-state index contributed by atoms with van der Waals surface area (Å²) < 4.78 is 5.20. The number of thiophene rings is 1. The molecule has 20 heavy (non-hydrogen) atoms. The van der Waals surface area contributed by atoms with Crippen molar-refractivity contribution < 1.29 is 14.4 Å². The average molecular weight is 294 g/mol. The lowest BCUT2D eigenvalue weighted by Gasteiger charge is -2.14. The number of rotatable bonds is 7. The van der Waals surface area contributed by atoms with Gasteiger partial charge in [-0.2, -0.15) is 0 Å². The Bertz CT molecular complexity index is 536. The van der Waals surface area contributed by atoms with Crippen LogP contribution >= 0.6 is 11.3 Å². The topological polar surface area (TPSA) is 66.6 Å². The zero-order valence-corrected chi connectivity index (χ0v) is 12.2. The van der Waals surface area contributed by atoms with E-state index >= 15 is 0 Å². The van der Waals surface area contributed by atoms with Crippen LogP contribution in [0.25, 0.3) is 10.6 Å². The van der Waals surface area contributed by atoms with Crippen LogP contribution in [0.15, 0.2) is 28.1 Å². The molecule has 0 unspecified atom stereocenters. The molecule has 0 aliphatic carbocycles. The summed E-state index contributed by atoms with van der Waals surface area (Å²) >= 11 is 1.55. The summed E-state index contributed by atoms with van der Waals surface area (Å²) in [7, 11) is 1.75. The van der Waals surface area contributed by atoms with Crippen molar-refractivity contribution in [3.05, 3.63) is 29.3 Å². The van der Waals surface area contributed by atoms with Crippen molar-refractivity contribution in [1.29, 1.82) is 0 Å². The van der Waals surface area contributed by atoms with E-state index in [0.29, 0.717) is 18.0 Å². The van der Waals surface area contributed by atoms with Crippen LogP contribution in [0.4, 0.5) is 0 Å². The molecule has 0 aromatic carbocycles. The Morgan fingerprint density at radius 2 is 2.30 bits per heavy atom. The highest BCUT2D eigenvalue weighted by molar-refractivity contribution is 7.13. The second-order valence-electron chi connectivity index (χ2n) is 4.56. The molecule has 1 amide bonds. The van der Waals surface area contributed by atoms with E-state index in [0.717, 1.165) is 24.1 Å². The number of unbranched alkanes of at least 4 members (excludes halogenated alkanes) is 2. The fourth-order valence-corrected chi connectivity index (χ4v) is 2.52. The molecule has 0 fully saturated rings. The lowest BCUT2D eigenvalue weighted by Crippen LogP contribution is -2.28. The first kappa shape index (κ1) is 14.7. The minimum atomic E-state index is -0.138. The maximum Gasteiger partial charge on any atom is 0.275 e. The molecule has 2 aromatic heterocycles. The van der Waals surface area contributed by atoms with Crippen LogP contribution in [-0.2, 0) is 0 Å². The Morgan fingerprint density at radius 3 is 3.00 bits per heavy atom. The van der Waals surface area contributed by atoms with E-state index in [-0.39, 0.29) is 12.5 Å². The number of aromatic nitrogens is 1. The molecule has 0 saturated heterocycles. The zero-order valence-electron chi connectivity index (χ0n) is 11.4. The van der Waals surface area contributed by atoms with E-state index in [1.807, 2.05) is 17.5 Å². The van der Waals surface area contributed by atoms with Gasteiger partial charge < -0.3 is 14.5 Å². The van der Waals surface area contributed by atoms with Crippen molar-refractivity contribution in [2.75, 3.05) is 20.2 Å². The lowest BCUT2D eigenvalue weighted by molar-refractivity contribution is 0.0782. The molecule has 2 aromatic rings. The summed E-state index contributed by atoms with van der Waals surface area (Å²) in [5.74, 6) is 0.484. The number of carbonyl (C=O) groups is 1. The molecule has 0 bridgehead atoms. The zero-order chi connectivity index (χ0) is 14.4. The largest absolute Gasteiger partial charge is 0.396 e. The molecule has 1 N–H and O–H groups in total. The number of nitrogens with zero attached hydrogens (tertiary/aromatic N) is 2. The molecule has 0 saturated carbocycles. The molecule has 5 nitrogen and oxygen atoms in total. The fourth-order valence-electron chi connectivity index (χ4n) is 1.85. The predicted octanol–water partition coefficient (Wildman–Crippen LogP) is 2.64. The van der Waals surface area contributed by atoms with Crippen molar-refractivity contribution in [2.24, 2.45) is 0 Å². The van der Waals surface area contributed by atoms with Crippen molar-refractivity contribution in [1.82, 2.24) is 10.1 Å². The predicted molar refractivity (Wildman–Crippen MR) is 77.7 cm³/mol. The van der Waals surface area contributed by atoms with Gasteiger partial charge in [-0.05, 0) is 30.7 Å². The number of hydrogen-bond donors (Lipinski definition) is 1. The highest BCUT2D eigenvalue weighted by Gasteiger charge is 2.17. The SMILES string of the molecule is CN(CCCCCO)C(=O)c1cc(-c2cccs2)on1. The van der Waals surface area contributed by atoms with Gasteiger partial charge in [0.15, 0.2) is 11.5 Å². The number of hydrogen-bond acceptors (Lipinski definition) is 5. The molecule has 0 aliphatic rings. The molecule has 0 aliphatic heterocycles. The van der Waals surface area contributed by atoms with Gasteiger partial charge in [0.05, 0.1) is 4.88 Å². The first-order chi connectivity index (χ1) is 9.72. The number of aliphatic hydroxyl groups excluding tert-OH is 1. The summed E-state index contributed by atoms with van der Waals surface area (Å²) in [5, 5.41) is 14.5. The molecule has 6 heteroatoms. The smallest absolute Gasteiger partial charge is 0.275 e. The van der Waals surface area contributed by atoms with Gasteiger partial charge in [0, 0.05) is 26.3 Å². The van der Waals surface area contributed by atoms with Gasteiger partial charge in [0.1, 0.15) is 0 Å². The van der Waals surface area contributed by atoms with Crippen molar-refractivity contribution in [2.45, 2.75) is 19.3 Å². The minimum absolute atomic E-state index is 0.138. The van der Waals surface area contributed by atoms with Gasteiger partial charge in [0.2, 0.25) is 0 Å². The first-order valence-electron chi connectivity index (χ1n) is 6.59. The van der Waals surface area contributed by atoms with Crippen LogP contribution in [0, 0.1) is 0 Å². The van der Waals surface area contributed by atoms with Crippen LogP contribution in [-0.4, -0.2) is 41.3 Å². The quantitative estimate of drug-likeness (QED) is 0.797. The van der Waals surface area contributed by atoms with Gasteiger partial charge >= 0.3 is 0 Å². The van der Waals surface area contributed by atoms with Crippen LogP contribution in [0.3, 0.4) is 0 Å².